The summed E-state index contributed by atoms with van der Waals surface area (Å²) in [6.07, 6.45) is 0.276. The standard InChI is InChI=1S/C10H18N2OS/c1-7(2)8(3)13-5-9-6-14-10(4-11)12-9/h6-8H,4-5,11H2,1-3H3. The number of ether oxygens (including phenoxy) is 1. The van der Waals surface area contributed by atoms with Crippen LogP contribution in [-0.2, 0) is 17.9 Å². The average molecular weight is 214 g/mol. The molecule has 1 aromatic rings. The van der Waals surface area contributed by atoms with E-state index in [2.05, 4.69) is 25.8 Å². The Balaban J connectivity index is 2.37. The third-order valence-corrected chi connectivity index (χ3v) is 3.13. The van der Waals surface area contributed by atoms with Crippen LogP contribution in [0, 0.1) is 5.92 Å². The molecule has 80 valence electrons. The third-order valence-electron chi connectivity index (χ3n) is 2.21. The zero-order valence-electron chi connectivity index (χ0n) is 8.99. The van der Waals surface area contributed by atoms with Crippen molar-refractivity contribution in [3.8, 4) is 0 Å². The van der Waals surface area contributed by atoms with E-state index < -0.39 is 0 Å². The van der Waals surface area contributed by atoms with Crippen LogP contribution >= 0.6 is 11.3 Å². The Labute approximate surface area is 89.3 Å². The van der Waals surface area contributed by atoms with Gasteiger partial charge in [-0.05, 0) is 12.8 Å². The minimum Gasteiger partial charge on any atom is -0.372 e. The number of nitrogens with zero attached hydrogens (tertiary/aromatic N) is 1. The van der Waals surface area contributed by atoms with Crippen molar-refractivity contribution < 1.29 is 4.74 Å². The van der Waals surface area contributed by atoms with Crippen LogP contribution in [0.3, 0.4) is 0 Å². The number of hydrogen-bond acceptors (Lipinski definition) is 4. The van der Waals surface area contributed by atoms with Crippen LogP contribution in [0.1, 0.15) is 31.5 Å². The summed E-state index contributed by atoms with van der Waals surface area (Å²) >= 11 is 1.59. The van der Waals surface area contributed by atoms with Gasteiger partial charge in [-0.15, -0.1) is 11.3 Å². The van der Waals surface area contributed by atoms with Gasteiger partial charge in [0.25, 0.3) is 0 Å². The highest BCUT2D eigenvalue weighted by Gasteiger charge is 2.08. The first-order valence-electron chi connectivity index (χ1n) is 4.88. The molecule has 0 aromatic carbocycles. The molecule has 1 heterocycles. The highest BCUT2D eigenvalue weighted by Crippen LogP contribution is 2.12. The van der Waals surface area contributed by atoms with Crippen molar-refractivity contribution in [2.75, 3.05) is 0 Å². The molecule has 14 heavy (non-hydrogen) atoms. The number of rotatable bonds is 5. The molecule has 0 fully saturated rings. The molecule has 0 aliphatic rings. The van der Waals surface area contributed by atoms with E-state index in [4.69, 9.17) is 10.5 Å². The molecule has 1 atom stereocenters. The van der Waals surface area contributed by atoms with Gasteiger partial charge in [-0.3, -0.25) is 0 Å². The second kappa shape index (κ2) is 5.44. The van der Waals surface area contributed by atoms with E-state index in [-0.39, 0.29) is 6.10 Å². The second-order valence-corrected chi connectivity index (χ2v) is 4.64. The lowest BCUT2D eigenvalue weighted by Crippen LogP contribution is -2.15. The van der Waals surface area contributed by atoms with E-state index >= 15 is 0 Å². The zero-order valence-corrected chi connectivity index (χ0v) is 9.80. The Hall–Kier alpha value is -0.450. The van der Waals surface area contributed by atoms with Crippen molar-refractivity contribution in [3.05, 3.63) is 16.1 Å². The summed E-state index contributed by atoms with van der Waals surface area (Å²) in [6, 6.07) is 0. The highest BCUT2D eigenvalue weighted by molar-refractivity contribution is 7.09. The molecular weight excluding hydrogens is 196 g/mol. The van der Waals surface area contributed by atoms with Crippen molar-refractivity contribution in [2.24, 2.45) is 11.7 Å². The summed E-state index contributed by atoms with van der Waals surface area (Å²) in [7, 11) is 0. The first-order chi connectivity index (χ1) is 6.63. The van der Waals surface area contributed by atoms with Crippen LogP contribution in [0.2, 0.25) is 0 Å². The summed E-state index contributed by atoms with van der Waals surface area (Å²) in [5.41, 5.74) is 6.46. The maximum atomic E-state index is 5.65. The molecule has 0 radical (unpaired) electrons. The summed E-state index contributed by atoms with van der Waals surface area (Å²) in [6.45, 7) is 7.50. The zero-order chi connectivity index (χ0) is 10.6. The molecule has 0 aliphatic carbocycles. The van der Waals surface area contributed by atoms with E-state index in [1.807, 2.05) is 5.38 Å². The van der Waals surface area contributed by atoms with Gasteiger partial charge in [0.2, 0.25) is 0 Å². The SMILES string of the molecule is CC(C)C(C)OCc1csc(CN)n1. The number of hydrogen-bond donors (Lipinski definition) is 1. The molecule has 0 bridgehead atoms. The summed E-state index contributed by atoms with van der Waals surface area (Å²) < 4.78 is 5.65. The normalized spacial score (nSPS) is 13.5. The minimum atomic E-state index is 0.276. The predicted molar refractivity (Wildman–Crippen MR) is 59.1 cm³/mol. The fourth-order valence-corrected chi connectivity index (χ4v) is 1.58. The molecule has 0 saturated heterocycles. The number of aromatic nitrogens is 1. The fraction of sp³-hybridized carbons (Fsp3) is 0.700. The molecule has 0 amide bonds. The smallest absolute Gasteiger partial charge is 0.107 e. The van der Waals surface area contributed by atoms with Crippen LogP contribution < -0.4 is 5.73 Å². The predicted octanol–water partition coefficient (Wildman–Crippen LogP) is 2.16. The van der Waals surface area contributed by atoms with Crippen LogP contribution in [0.25, 0.3) is 0 Å². The van der Waals surface area contributed by atoms with Gasteiger partial charge in [0, 0.05) is 11.9 Å². The lowest BCUT2D eigenvalue weighted by molar-refractivity contribution is 0.0220. The molecule has 0 spiro atoms. The van der Waals surface area contributed by atoms with E-state index in [1.165, 1.54) is 0 Å². The van der Waals surface area contributed by atoms with Gasteiger partial charge in [-0.2, -0.15) is 0 Å². The van der Waals surface area contributed by atoms with Crippen molar-refractivity contribution in [1.29, 1.82) is 0 Å². The quantitative estimate of drug-likeness (QED) is 0.817. The van der Waals surface area contributed by atoms with Gasteiger partial charge in [0.05, 0.1) is 18.4 Å². The Kier molecular flexibility index (Phi) is 4.51. The molecule has 0 aliphatic heterocycles. The molecular formula is C10H18N2OS. The van der Waals surface area contributed by atoms with E-state index in [1.54, 1.807) is 11.3 Å². The average Bonchev–Trinajstić information content (AvgIpc) is 2.61. The monoisotopic (exact) mass is 214 g/mol. The lowest BCUT2D eigenvalue weighted by Gasteiger charge is -2.15. The molecule has 0 saturated carbocycles. The third kappa shape index (κ3) is 3.36. The molecule has 3 nitrogen and oxygen atoms in total. The second-order valence-electron chi connectivity index (χ2n) is 3.70. The molecule has 4 heteroatoms. The van der Waals surface area contributed by atoms with Crippen molar-refractivity contribution in [3.63, 3.8) is 0 Å². The van der Waals surface area contributed by atoms with Gasteiger partial charge in [0.1, 0.15) is 5.01 Å². The minimum absolute atomic E-state index is 0.276. The van der Waals surface area contributed by atoms with Crippen LogP contribution in [0.4, 0.5) is 0 Å². The number of thiazole rings is 1. The highest BCUT2D eigenvalue weighted by atomic mass is 32.1. The first kappa shape index (κ1) is 11.6. The first-order valence-corrected chi connectivity index (χ1v) is 5.76. The van der Waals surface area contributed by atoms with Gasteiger partial charge in [-0.1, -0.05) is 13.8 Å². The summed E-state index contributed by atoms with van der Waals surface area (Å²) in [4.78, 5) is 4.33. The Bertz CT molecular complexity index is 273. The Morgan fingerprint density at radius 1 is 1.50 bits per heavy atom. The molecule has 1 aromatic heterocycles. The lowest BCUT2D eigenvalue weighted by atomic mass is 10.1. The van der Waals surface area contributed by atoms with Gasteiger partial charge in [-0.25, -0.2) is 4.98 Å². The Morgan fingerprint density at radius 2 is 2.21 bits per heavy atom. The van der Waals surface area contributed by atoms with Crippen molar-refractivity contribution >= 4 is 11.3 Å². The largest absolute Gasteiger partial charge is 0.372 e. The van der Waals surface area contributed by atoms with Crippen molar-refractivity contribution in [1.82, 2.24) is 4.98 Å². The summed E-state index contributed by atoms with van der Waals surface area (Å²) in [5.74, 6) is 0.544. The molecule has 1 unspecified atom stereocenters. The number of nitrogens with two attached hydrogens (primary N) is 1. The van der Waals surface area contributed by atoms with Gasteiger partial charge >= 0.3 is 0 Å². The van der Waals surface area contributed by atoms with Crippen molar-refractivity contribution in [2.45, 2.75) is 40.0 Å². The maximum Gasteiger partial charge on any atom is 0.107 e. The van der Waals surface area contributed by atoms with Gasteiger partial charge < -0.3 is 10.5 Å². The van der Waals surface area contributed by atoms with E-state index in [0.717, 1.165) is 10.7 Å². The van der Waals surface area contributed by atoms with Crippen LogP contribution in [0.5, 0.6) is 0 Å². The fourth-order valence-electron chi connectivity index (χ4n) is 0.918. The molecule has 1 rings (SSSR count). The van der Waals surface area contributed by atoms with Gasteiger partial charge in [0.15, 0.2) is 0 Å². The maximum absolute atomic E-state index is 5.65. The van der Waals surface area contributed by atoms with E-state index in [9.17, 15) is 0 Å². The van der Waals surface area contributed by atoms with Crippen LogP contribution in [0.15, 0.2) is 5.38 Å². The van der Waals surface area contributed by atoms with E-state index in [0.29, 0.717) is 19.1 Å². The van der Waals surface area contributed by atoms with Crippen LogP contribution in [-0.4, -0.2) is 11.1 Å². The molecule has 2 N–H and O–H groups in total. The summed E-state index contributed by atoms with van der Waals surface area (Å²) in [5, 5.41) is 2.98. The topological polar surface area (TPSA) is 48.1 Å². The Morgan fingerprint density at radius 3 is 2.71 bits per heavy atom.